The van der Waals surface area contributed by atoms with E-state index in [4.69, 9.17) is 5.26 Å². The second-order valence-electron chi connectivity index (χ2n) is 4.08. The number of hydrogen-bond donors (Lipinski definition) is 0. The van der Waals surface area contributed by atoms with Crippen molar-refractivity contribution in [3.63, 3.8) is 0 Å². The summed E-state index contributed by atoms with van der Waals surface area (Å²) in [7, 11) is 0. The van der Waals surface area contributed by atoms with Crippen LogP contribution >= 0.6 is 31.9 Å². The molecule has 0 radical (unpaired) electrons. The summed E-state index contributed by atoms with van der Waals surface area (Å²) in [6, 6.07) is 2.31. The van der Waals surface area contributed by atoms with E-state index in [1.165, 1.54) is 38.5 Å². The number of unbranched alkanes of at least 4 members (excludes halogenated alkanes) is 6. The zero-order chi connectivity index (χ0) is 11.6. The van der Waals surface area contributed by atoms with Crippen LogP contribution in [0, 0.1) is 11.3 Å². The number of hydrogen-bond acceptors (Lipinski definition) is 1. The number of alkyl halides is 2. The standard InChI is InChI=1S/C12H21Br2N/c1-2-3-4-5-6-7-8-9-12(14,10-13)11-15/h2-10H2,1H3. The molecule has 0 aliphatic heterocycles. The lowest BCUT2D eigenvalue weighted by molar-refractivity contribution is 0.562. The van der Waals surface area contributed by atoms with E-state index in [9.17, 15) is 0 Å². The SMILES string of the molecule is CCCCCCCCCC(Br)(C#N)CBr. The first-order valence-corrected chi connectivity index (χ1v) is 7.76. The van der Waals surface area contributed by atoms with Crippen molar-refractivity contribution in [3.8, 4) is 6.07 Å². The Labute approximate surface area is 111 Å². The zero-order valence-electron chi connectivity index (χ0n) is 9.57. The molecule has 0 aromatic rings. The van der Waals surface area contributed by atoms with E-state index in [1.807, 2.05) is 0 Å². The molecule has 1 atom stereocenters. The number of rotatable bonds is 9. The van der Waals surface area contributed by atoms with E-state index in [0.717, 1.165) is 12.8 Å². The van der Waals surface area contributed by atoms with Crippen LogP contribution in [0.2, 0.25) is 0 Å². The third-order valence-electron chi connectivity index (χ3n) is 2.59. The molecule has 0 aromatic heterocycles. The first-order chi connectivity index (χ1) is 7.18. The van der Waals surface area contributed by atoms with Gasteiger partial charge in [0.2, 0.25) is 0 Å². The molecule has 0 rings (SSSR count). The van der Waals surface area contributed by atoms with E-state index in [1.54, 1.807) is 0 Å². The molecule has 3 heteroatoms. The fourth-order valence-electron chi connectivity index (χ4n) is 1.51. The van der Waals surface area contributed by atoms with Crippen LogP contribution in [0.1, 0.15) is 58.3 Å². The van der Waals surface area contributed by atoms with E-state index in [2.05, 4.69) is 44.9 Å². The smallest absolute Gasteiger partial charge is 0.122 e. The summed E-state index contributed by atoms with van der Waals surface area (Å²) in [6.45, 7) is 2.24. The lowest BCUT2D eigenvalue weighted by Crippen LogP contribution is -2.19. The third kappa shape index (κ3) is 8.28. The molecule has 0 saturated heterocycles. The second kappa shape index (κ2) is 9.66. The third-order valence-corrected chi connectivity index (χ3v) is 5.15. The minimum Gasteiger partial charge on any atom is -0.197 e. The van der Waals surface area contributed by atoms with Gasteiger partial charge < -0.3 is 0 Å². The summed E-state index contributed by atoms with van der Waals surface area (Å²) in [5, 5.41) is 9.65. The second-order valence-corrected chi connectivity index (χ2v) is 6.16. The normalized spacial score (nSPS) is 14.5. The van der Waals surface area contributed by atoms with E-state index >= 15 is 0 Å². The largest absolute Gasteiger partial charge is 0.197 e. The zero-order valence-corrected chi connectivity index (χ0v) is 12.7. The van der Waals surface area contributed by atoms with Gasteiger partial charge in [-0.25, -0.2) is 0 Å². The molecule has 0 spiro atoms. The maximum atomic E-state index is 8.93. The summed E-state index contributed by atoms with van der Waals surface area (Å²) in [5.74, 6) is 0. The molecule has 88 valence electrons. The van der Waals surface area contributed by atoms with Crippen molar-refractivity contribution in [1.29, 1.82) is 5.26 Å². The van der Waals surface area contributed by atoms with E-state index < -0.39 is 0 Å². The number of nitriles is 1. The minimum absolute atomic E-state index is 0.337. The van der Waals surface area contributed by atoms with E-state index in [-0.39, 0.29) is 4.32 Å². The van der Waals surface area contributed by atoms with Gasteiger partial charge in [0, 0.05) is 5.33 Å². The van der Waals surface area contributed by atoms with Crippen LogP contribution in [0.4, 0.5) is 0 Å². The summed E-state index contributed by atoms with van der Waals surface area (Å²) in [5.41, 5.74) is 0. The molecule has 1 nitrogen and oxygen atoms in total. The Balaban J connectivity index is 3.35. The maximum Gasteiger partial charge on any atom is 0.122 e. The number of nitrogens with zero attached hydrogens (tertiary/aromatic N) is 1. The molecule has 0 N–H and O–H groups in total. The van der Waals surface area contributed by atoms with Crippen molar-refractivity contribution < 1.29 is 0 Å². The highest BCUT2D eigenvalue weighted by molar-refractivity contribution is 9.12. The predicted octanol–water partition coefficient (Wildman–Crippen LogP) is 5.18. The minimum atomic E-state index is -0.337. The molecular weight excluding hydrogens is 318 g/mol. The molecule has 0 heterocycles. The van der Waals surface area contributed by atoms with E-state index in [0.29, 0.717) is 5.33 Å². The molecule has 0 aromatic carbocycles. The van der Waals surface area contributed by atoms with Gasteiger partial charge in [-0.15, -0.1) is 0 Å². The van der Waals surface area contributed by atoms with Crippen molar-refractivity contribution in [2.45, 2.75) is 62.6 Å². The molecule has 15 heavy (non-hydrogen) atoms. The summed E-state index contributed by atoms with van der Waals surface area (Å²) in [6.07, 6.45) is 10.1. The Hall–Kier alpha value is 0.450. The predicted molar refractivity (Wildman–Crippen MR) is 73.7 cm³/mol. The van der Waals surface area contributed by atoms with Gasteiger partial charge >= 0.3 is 0 Å². The fourth-order valence-corrected chi connectivity index (χ4v) is 2.20. The average Bonchev–Trinajstić information content (AvgIpc) is 2.27. The van der Waals surface area contributed by atoms with Crippen molar-refractivity contribution in [1.82, 2.24) is 0 Å². The highest BCUT2D eigenvalue weighted by Gasteiger charge is 2.23. The van der Waals surface area contributed by atoms with Crippen LogP contribution < -0.4 is 0 Å². The summed E-state index contributed by atoms with van der Waals surface area (Å²) < 4.78 is -0.337. The van der Waals surface area contributed by atoms with Crippen LogP contribution in [-0.2, 0) is 0 Å². The molecule has 1 unspecified atom stereocenters. The molecule has 0 amide bonds. The van der Waals surface area contributed by atoms with Gasteiger partial charge in [-0.2, -0.15) is 5.26 Å². The van der Waals surface area contributed by atoms with Crippen LogP contribution in [0.5, 0.6) is 0 Å². The molecule has 0 saturated carbocycles. The highest BCUT2D eigenvalue weighted by atomic mass is 79.9. The van der Waals surface area contributed by atoms with Crippen molar-refractivity contribution in [2.75, 3.05) is 5.33 Å². The molecule has 0 fully saturated rings. The topological polar surface area (TPSA) is 23.8 Å². The quantitative estimate of drug-likeness (QED) is 0.419. The van der Waals surface area contributed by atoms with Crippen LogP contribution in [0.3, 0.4) is 0 Å². The Bertz CT molecular complexity index is 189. The van der Waals surface area contributed by atoms with Gasteiger partial charge in [-0.3, -0.25) is 0 Å². The van der Waals surface area contributed by atoms with Crippen LogP contribution in [0.25, 0.3) is 0 Å². The highest BCUT2D eigenvalue weighted by Crippen LogP contribution is 2.27. The molecule has 0 aliphatic rings. The summed E-state index contributed by atoms with van der Waals surface area (Å²) in [4.78, 5) is 0. The van der Waals surface area contributed by atoms with Crippen LogP contribution in [0.15, 0.2) is 0 Å². The lowest BCUT2D eigenvalue weighted by atomic mass is 10.0. The lowest BCUT2D eigenvalue weighted by Gasteiger charge is -2.15. The summed E-state index contributed by atoms with van der Waals surface area (Å²) >= 11 is 6.84. The van der Waals surface area contributed by atoms with Crippen LogP contribution in [-0.4, -0.2) is 9.65 Å². The van der Waals surface area contributed by atoms with Gasteiger partial charge in [-0.05, 0) is 6.42 Å². The number of halogens is 2. The molecular formula is C12H21Br2N. The monoisotopic (exact) mass is 337 g/mol. The van der Waals surface area contributed by atoms with Gasteiger partial charge in [-0.1, -0.05) is 83.7 Å². The Morgan fingerprint density at radius 1 is 1.07 bits per heavy atom. The molecule has 0 aliphatic carbocycles. The van der Waals surface area contributed by atoms with Crippen molar-refractivity contribution in [2.24, 2.45) is 0 Å². The molecule has 0 bridgehead atoms. The van der Waals surface area contributed by atoms with Gasteiger partial charge in [0.15, 0.2) is 0 Å². The van der Waals surface area contributed by atoms with Gasteiger partial charge in [0.1, 0.15) is 4.32 Å². The fraction of sp³-hybridized carbons (Fsp3) is 0.917. The Kier molecular flexibility index (Phi) is 9.95. The maximum absolute atomic E-state index is 8.93. The van der Waals surface area contributed by atoms with Crippen molar-refractivity contribution in [3.05, 3.63) is 0 Å². The van der Waals surface area contributed by atoms with Crippen molar-refractivity contribution >= 4 is 31.9 Å². The average molecular weight is 339 g/mol. The Morgan fingerprint density at radius 3 is 2.07 bits per heavy atom. The Morgan fingerprint density at radius 2 is 1.60 bits per heavy atom. The first kappa shape index (κ1) is 15.4. The van der Waals surface area contributed by atoms with Gasteiger partial charge in [0.05, 0.1) is 6.07 Å². The first-order valence-electron chi connectivity index (χ1n) is 5.84. The van der Waals surface area contributed by atoms with Gasteiger partial charge in [0.25, 0.3) is 0 Å².